The van der Waals surface area contributed by atoms with Gasteiger partial charge in [-0.15, -0.1) is 18.3 Å². The van der Waals surface area contributed by atoms with Crippen LogP contribution in [0.4, 0.5) is 24.8 Å². The number of anilines is 2. The van der Waals surface area contributed by atoms with E-state index in [-0.39, 0.29) is 11.7 Å². The number of hydrogen-bond donors (Lipinski definition) is 1. The second kappa shape index (κ2) is 7.96. The van der Waals surface area contributed by atoms with Crippen LogP contribution in [0.2, 0.25) is 0 Å². The zero-order chi connectivity index (χ0) is 20.3. The lowest BCUT2D eigenvalue weighted by molar-refractivity contribution is -0.274. The van der Waals surface area contributed by atoms with Crippen LogP contribution in [0, 0.1) is 0 Å². The van der Waals surface area contributed by atoms with E-state index in [1.54, 1.807) is 22.9 Å². The molecule has 6 nitrogen and oxygen atoms in total. The summed E-state index contributed by atoms with van der Waals surface area (Å²) in [6.45, 7) is 0.819. The van der Waals surface area contributed by atoms with Gasteiger partial charge in [0.2, 0.25) is 5.95 Å². The number of rotatable bonds is 5. The van der Waals surface area contributed by atoms with Crippen LogP contribution in [-0.4, -0.2) is 34.3 Å². The summed E-state index contributed by atoms with van der Waals surface area (Å²) < 4.78 is 49.8. The molecule has 0 spiro atoms. The third kappa shape index (κ3) is 4.75. The lowest BCUT2D eigenvalue weighted by atomic mass is 10.00. The first kappa shape index (κ1) is 19.0. The third-order valence-electron chi connectivity index (χ3n) is 4.29. The van der Waals surface area contributed by atoms with E-state index < -0.39 is 6.36 Å². The van der Waals surface area contributed by atoms with Crippen LogP contribution in [-0.2, 0) is 4.74 Å². The molecular weight excluding hydrogens is 385 g/mol. The predicted molar refractivity (Wildman–Crippen MR) is 101 cm³/mol. The van der Waals surface area contributed by atoms with E-state index in [0.717, 1.165) is 11.3 Å². The Bertz CT molecular complexity index is 1020. The van der Waals surface area contributed by atoms with Gasteiger partial charge >= 0.3 is 6.36 Å². The average molecular weight is 402 g/mol. The first-order valence-corrected chi connectivity index (χ1v) is 8.89. The highest BCUT2D eigenvalue weighted by atomic mass is 19.4. The topological polar surface area (TPSA) is 61.2 Å². The molecule has 0 saturated carbocycles. The summed E-state index contributed by atoms with van der Waals surface area (Å²) in [5.41, 5.74) is 2.34. The first-order chi connectivity index (χ1) is 14.0. The second-order valence-electron chi connectivity index (χ2n) is 6.29. The van der Waals surface area contributed by atoms with Gasteiger partial charge in [-0.25, -0.2) is 4.68 Å². The largest absolute Gasteiger partial charge is 0.573 e. The number of hydrogen-bond acceptors (Lipinski definition) is 5. The van der Waals surface area contributed by atoms with Crippen molar-refractivity contribution in [3.05, 3.63) is 66.5 Å². The molecule has 0 saturated heterocycles. The monoisotopic (exact) mass is 402 g/mol. The molecular formula is C20H17F3N4O2. The smallest absolute Gasteiger partial charge is 0.405 e. The number of aromatic nitrogens is 3. The maximum Gasteiger partial charge on any atom is 0.573 e. The summed E-state index contributed by atoms with van der Waals surface area (Å²) in [6, 6.07) is 13.9. The number of benzene rings is 2. The highest BCUT2D eigenvalue weighted by molar-refractivity contribution is 5.74. The SMILES string of the molecule is FC(F)(F)Oc1cc(Nc2ncn(-c3ccccc3)n2)ccc1C1=CCOCC1. The number of para-hydroxylation sites is 1. The Labute approximate surface area is 164 Å². The highest BCUT2D eigenvalue weighted by Crippen LogP contribution is 2.36. The van der Waals surface area contributed by atoms with Gasteiger partial charge in [-0.2, -0.15) is 4.98 Å². The predicted octanol–water partition coefficient (Wildman–Crippen LogP) is 4.71. The van der Waals surface area contributed by atoms with Gasteiger partial charge in [0.1, 0.15) is 12.1 Å². The molecule has 2 heterocycles. The number of halogens is 3. The van der Waals surface area contributed by atoms with Crippen molar-refractivity contribution in [3.63, 3.8) is 0 Å². The van der Waals surface area contributed by atoms with Crippen molar-refractivity contribution in [2.45, 2.75) is 12.8 Å². The molecule has 0 fully saturated rings. The van der Waals surface area contributed by atoms with Crippen molar-refractivity contribution in [3.8, 4) is 11.4 Å². The number of ether oxygens (including phenoxy) is 2. The number of alkyl halides is 3. The van der Waals surface area contributed by atoms with Gasteiger partial charge in [-0.05, 0) is 36.3 Å². The zero-order valence-electron chi connectivity index (χ0n) is 15.2. The fraction of sp³-hybridized carbons (Fsp3) is 0.200. The van der Waals surface area contributed by atoms with Crippen LogP contribution in [0.25, 0.3) is 11.3 Å². The molecule has 1 aliphatic heterocycles. The normalized spacial score (nSPS) is 14.4. The van der Waals surface area contributed by atoms with Gasteiger partial charge in [-0.3, -0.25) is 0 Å². The lowest BCUT2D eigenvalue weighted by Crippen LogP contribution is -2.18. The first-order valence-electron chi connectivity index (χ1n) is 8.89. The average Bonchev–Trinajstić information content (AvgIpc) is 3.17. The summed E-state index contributed by atoms with van der Waals surface area (Å²) in [4.78, 5) is 4.15. The molecule has 0 atom stereocenters. The van der Waals surface area contributed by atoms with E-state index in [4.69, 9.17) is 4.74 Å². The summed E-state index contributed by atoms with van der Waals surface area (Å²) >= 11 is 0. The Morgan fingerprint density at radius 2 is 1.93 bits per heavy atom. The molecule has 2 aromatic carbocycles. The van der Waals surface area contributed by atoms with E-state index in [1.165, 1.54) is 12.4 Å². The molecule has 4 rings (SSSR count). The minimum Gasteiger partial charge on any atom is -0.405 e. The third-order valence-corrected chi connectivity index (χ3v) is 4.29. The molecule has 150 valence electrons. The fourth-order valence-electron chi connectivity index (χ4n) is 3.00. The highest BCUT2D eigenvalue weighted by Gasteiger charge is 2.32. The fourth-order valence-corrected chi connectivity index (χ4v) is 3.00. The van der Waals surface area contributed by atoms with E-state index in [9.17, 15) is 13.2 Å². The van der Waals surface area contributed by atoms with Crippen LogP contribution >= 0.6 is 0 Å². The van der Waals surface area contributed by atoms with Crippen molar-refractivity contribution in [2.24, 2.45) is 0 Å². The Hall–Kier alpha value is -3.33. The molecule has 3 aromatic rings. The van der Waals surface area contributed by atoms with Crippen LogP contribution in [0.5, 0.6) is 5.75 Å². The lowest BCUT2D eigenvalue weighted by Gasteiger charge is -2.19. The quantitative estimate of drug-likeness (QED) is 0.670. The van der Waals surface area contributed by atoms with Crippen molar-refractivity contribution >= 4 is 17.2 Å². The molecule has 0 radical (unpaired) electrons. The van der Waals surface area contributed by atoms with Gasteiger partial charge in [0.25, 0.3) is 0 Å². The molecule has 29 heavy (non-hydrogen) atoms. The van der Waals surface area contributed by atoms with Gasteiger partial charge in [0.05, 0.1) is 18.9 Å². The minimum atomic E-state index is -4.80. The van der Waals surface area contributed by atoms with Gasteiger partial charge in [-0.1, -0.05) is 24.3 Å². The van der Waals surface area contributed by atoms with E-state index in [0.29, 0.717) is 30.9 Å². The second-order valence-corrected chi connectivity index (χ2v) is 6.29. The maximum absolute atomic E-state index is 12.9. The standard InChI is InChI=1S/C20H17F3N4O2/c21-20(22,23)29-18-12-15(6-7-17(18)14-8-10-28-11-9-14)25-19-24-13-27(26-19)16-4-2-1-3-5-16/h1-8,12-13H,9-11H2,(H,25,26). The van der Waals surface area contributed by atoms with E-state index >= 15 is 0 Å². The van der Waals surface area contributed by atoms with Crippen LogP contribution < -0.4 is 10.1 Å². The molecule has 0 amide bonds. The number of nitrogens with zero attached hydrogens (tertiary/aromatic N) is 3. The molecule has 1 aromatic heterocycles. The van der Waals surface area contributed by atoms with Crippen molar-refractivity contribution < 1.29 is 22.6 Å². The summed E-state index contributed by atoms with van der Waals surface area (Å²) in [6.07, 6.45) is -0.999. The Kier molecular flexibility index (Phi) is 5.22. The van der Waals surface area contributed by atoms with Gasteiger partial charge in [0.15, 0.2) is 0 Å². The maximum atomic E-state index is 12.9. The summed E-state index contributed by atoms with van der Waals surface area (Å²) in [5.74, 6) is -0.0250. The van der Waals surface area contributed by atoms with Crippen LogP contribution in [0.1, 0.15) is 12.0 Å². The van der Waals surface area contributed by atoms with Gasteiger partial charge < -0.3 is 14.8 Å². The summed E-state index contributed by atoms with van der Waals surface area (Å²) in [5, 5.41) is 7.21. The Morgan fingerprint density at radius 3 is 2.66 bits per heavy atom. The van der Waals surface area contributed by atoms with Crippen LogP contribution in [0.3, 0.4) is 0 Å². The molecule has 1 N–H and O–H groups in total. The summed E-state index contributed by atoms with van der Waals surface area (Å²) in [7, 11) is 0. The molecule has 1 aliphatic rings. The molecule has 0 bridgehead atoms. The molecule has 0 aliphatic carbocycles. The van der Waals surface area contributed by atoms with Crippen molar-refractivity contribution in [2.75, 3.05) is 18.5 Å². The van der Waals surface area contributed by atoms with E-state index in [2.05, 4.69) is 20.1 Å². The number of nitrogens with one attached hydrogen (secondary N) is 1. The minimum absolute atomic E-state index is 0.254. The van der Waals surface area contributed by atoms with Gasteiger partial charge in [0, 0.05) is 17.3 Å². The van der Waals surface area contributed by atoms with E-state index in [1.807, 2.05) is 30.3 Å². The Balaban J connectivity index is 1.60. The van der Waals surface area contributed by atoms with Crippen molar-refractivity contribution in [1.29, 1.82) is 0 Å². The van der Waals surface area contributed by atoms with Crippen molar-refractivity contribution in [1.82, 2.24) is 14.8 Å². The molecule has 9 heteroatoms. The van der Waals surface area contributed by atoms with Crippen LogP contribution in [0.15, 0.2) is 60.9 Å². The Morgan fingerprint density at radius 1 is 1.10 bits per heavy atom. The zero-order valence-corrected chi connectivity index (χ0v) is 15.2. The molecule has 0 unspecified atom stereocenters.